The fourth-order valence-corrected chi connectivity index (χ4v) is 2.61. The smallest absolute Gasteiger partial charge is 0.0997 e. The predicted octanol–water partition coefficient (Wildman–Crippen LogP) is 2.80. The van der Waals surface area contributed by atoms with Crippen LogP contribution in [-0.4, -0.2) is 14.7 Å². The molecule has 3 heteroatoms. The first kappa shape index (κ1) is 11.5. The van der Waals surface area contributed by atoms with Crippen molar-refractivity contribution in [2.75, 3.05) is 0 Å². The lowest BCUT2D eigenvalue weighted by Crippen LogP contribution is -2.06. The number of hydrogen-bond donors (Lipinski definition) is 1. The topological polar surface area (TPSA) is 38.0 Å². The summed E-state index contributed by atoms with van der Waals surface area (Å²) >= 11 is 0. The van der Waals surface area contributed by atoms with Gasteiger partial charge in [-0.1, -0.05) is 12.1 Å². The number of aromatic nitrogens is 2. The van der Waals surface area contributed by atoms with Crippen LogP contribution in [0, 0.1) is 0 Å². The first-order chi connectivity index (χ1) is 8.75. The summed E-state index contributed by atoms with van der Waals surface area (Å²) in [5, 5.41) is 9.52. The molecule has 0 amide bonds. The van der Waals surface area contributed by atoms with Gasteiger partial charge in [0.1, 0.15) is 0 Å². The second-order valence-electron chi connectivity index (χ2n) is 4.98. The molecule has 1 aliphatic carbocycles. The van der Waals surface area contributed by atoms with Gasteiger partial charge in [0.2, 0.25) is 0 Å². The molecular formula is C15H18N2O. The lowest BCUT2D eigenvalue weighted by atomic mass is 10.0. The lowest BCUT2D eigenvalue weighted by molar-refractivity contribution is 0.199. The van der Waals surface area contributed by atoms with Gasteiger partial charge >= 0.3 is 0 Å². The van der Waals surface area contributed by atoms with Gasteiger partial charge in [-0.15, -0.1) is 0 Å². The maximum atomic E-state index is 9.52. The van der Waals surface area contributed by atoms with Crippen LogP contribution < -0.4 is 0 Å². The van der Waals surface area contributed by atoms with Gasteiger partial charge in [0.05, 0.1) is 18.1 Å². The molecule has 1 atom stereocenters. The normalized spacial score (nSPS) is 16.3. The first-order valence-electron chi connectivity index (χ1n) is 6.59. The zero-order valence-electron chi connectivity index (χ0n) is 10.6. The molecule has 1 N–H and O–H groups in total. The molecule has 1 aliphatic rings. The Labute approximate surface area is 107 Å². The summed E-state index contributed by atoms with van der Waals surface area (Å²) in [6.07, 6.45) is 6.25. The van der Waals surface area contributed by atoms with E-state index in [1.54, 1.807) is 6.92 Å². The van der Waals surface area contributed by atoms with E-state index in [1.165, 1.54) is 24.2 Å². The molecule has 1 heterocycles. The van der Waals surface area contributed by atoms with Gasteiger partial charge in [0.15, 0.2) is 0 Å². The number of hydrogen-bond acceptors (Lipinski definition) is 2. The molecule has 0 spiro atoms. The van der Waals surface area contributed by atoms with E-state index in [1.807, 2.05) is 18.5 Å². The van der Waals surface area contributed by atoms with Gasteiger partial charge in [-0.25, -0.2) is 4.98 Å². The maximum absolute atomic E-state index is 9.52. The Balaban J connectivity index is 1.97. The fraction of sp³-hybridized carbons (Fsp3) is 0.400. The fourth-order valence-electron chi connectivity index (χ4n) is 2.61. The van der Waals surface area contributed by atoms with Crippen LogP contribution in [0.25, 0.3) is 5.69 Å². The third-order valence-corrected chi connectivity index (χ3v) is 3.68. The quantitative estimate of drug-likeness (QED) is 0.879. The van der Waals surface area contributed by atoms with Crippen LogP contribution in [0.2, 0.25) is 0 Å². The van der Waals surface area contributed by atoms with Gasteiger partial charge in [-0.2, -0.15) is 0 Å². The number of aliphatic hydroxyl groups excluding tert-OH is 1. The Morgan fingerprint density at radius 1 is 1.17 bits per heavy atom. The Hall–Kier alpha value is -1.61. The Morgan fingerprint density at radius 2 is 1.89 bits per heavy atom. The molecule has 0 radical (unpaired) electrons. The molecule has 18 heavy (non-hydrogen) atoms. The van der Waals surface area contributed by atoms with Crippen LogP contribution in [0.15, 0.2) is 30.6 Å². The number of imidazole rings is 1. The van der Waals surface area contributed by atoms with E-state index in [2.05, 4.69) is 21.7 Å². The van der Waals surface area contributed by atoms with Crippen molar-refractivity contribution in [1.29, 1.82) is 0 Å². The molecule has 94 valence electrons. The van der Waals surface area contributed by atoms with Gasteiger partial charge in [0.25, 0.3) is 0 Å². The molecule has 0 saturated heterocycles. The van der Waals surface area contributed by atoms with Crippen molar-refractivity contribution in [3.05, 3.63) is 47.5 Å². The first-order valence-corrected chi connectivity index (χ1v) is 6.59. The molecule has 1 aromatic heterocycles. The van der Waals surface area contributed by atoms with Gasteiger partial charge in [-0.3, -0.25) is 0 Å². The molecule has 2 aromatic rings. The highest BCUT2D eigenvalue weighted by Crippen LogP contribution is 2.23. The van der Waals surface area contributed by atoms with Crippen molar-refractivity contribution in [1.82, 2.24) is 9.55 Å². The van der Waals surface area contributed by atoms with Gasteiger partial charge < -0.3 is 9.67 Å². The number of rotatable bonds is 2. The van der Waals surface area contributed by atoms with E-state index in [-0.39, 0.29) is 0 Å². The van der Waals surface area contributed by atoms with E-state index in [9.17, 15) is 5.11 Å². The van der Waals surface area contributed by atoms with Crippen molar-refractivity contribution in [2.45, 2.75) is 38.7 Å². The van der Waals surface area contributed by atoms with Crippen molar-refractivity contribution in [2.24, 2.45) is 0 Å². The van der Waals surface area contributed by atoms with Crippen LogP contribution in [0.1, 0.15) is 42.8 Å². The van der Waals surface area contributed by atoms with Crippen molar-refractivity contribution >= 4 is 0 Å². The minimum absolute atomic E-state index is 0.407. The molecule has 1 unspecified atom stereocenters. The van der Waals surface area contributed by atoms with Crippen molar-refractivity contribution in [3.8, 4) is 5.69 Å². The average molecular weight is 242 g/mol. The largest absolute Gasteiger partial charge is 0.389 e. The van der Waals surface area contributed by atoms with Gasteiger partial charge in [-0.05, 0) is 50.3 Å². The Kier molecular flexibility index (Phi) is 2.92. The SMILES string of the molecule is CC(O)c1ccc(-n2cnc3c2CCCC3)cc1. The predicted molar refractivity (Wildman–Crippen MR) is 70.8 cm³/mol. The average Bonchev–Trinajstić information content (AvgIpc) is 2.82. The molecular weight excluding hydrogens is 224 g/mol. The highest BCUT2D eigenvalue weighted by molar-refractivity contribution is 5.38. The molecule has 0 fully saturated rings. The van der Waals surface area contributed by atoms with Gasteiger partial charge in [0, 0.05) is 11.4 Å². The van der Waals surface area contributed by atoms with E-state index in [0.717, 1.165) is 24.1 Å². The molecule has 0 saturated carbocycles. The highest BCUT2D eigenvalue weighted by Gasteiger charge is 2.15. The minimum atomic E-state index is -0.407. The second-order valence-corrected chi connectivity index (χ2v) is 4.98. The molecule has 0 bridgehead atoms. The summed E-state index contributed by atoms with van der Waals surface area (Å²) < 4.78 is 2.18. The summed E-state index contributed by atoms with van der Waals surface area (Å²) in [5.74, 6) is 0. The van der Waals surface area contributed by atoms with Crippen LogP contribution in [0.5, 0.6) is 0 Å². The monoisotopic (exact) mass is 242 g/mol. The van der Waals surface area contributed by atoms with Crippen LogP contribution in [0.3, 0.4) is 0 Å². The zero-order chi connectivity index (χ0) is 12.5. The van der Waals surface area contributed by atoms with E-state index >= 15 is 0 Å². The van der Waals surface area contributed by atoms with E-state index < -0.39 is 6.10 Å². The summed E-state index contributed by atoms with van der Waals surface area (Å²) in [6.45, 7) is 1.79. The van der Waals surface area contributed by atoms with Crippen LogP contribution in [0.4, 0.5) is 0 Å². The maximum Gasteiger partial charge on any atom is 0.0997 e. The molecule has 1 aromatic carbocycles. The summed E-state index contributed by atoms with van der Waals surface area (Å²) in [7, 11) is 0. The van der Waals surface area contributed by atoms with E-state index in [4.69, 9.17) is 0 Å². The molecule has 3 rings (SSSR count). The van der Waals surface area contributed by atoms with Crippen LogP contribution in [-0.2, 0) is 12.8 Å². The zero-order valence-corrected chi connectivity index (χ0v) is 10.6. The van der Waals surface area contributed by atoms with Crippen LogP contribution >= 0.6 is 0 Å². The number of aliphatic hydroxyl groups is 1. The van der Waals surface area contributed by atoms with Crippen molar-refractivity contribution in [3.63, 3.8) is 0 Å². The lowest BCUT2D eigenvalue weighted by Gasteiger charge is -2.14. The summed E-state index contributed by atoms with van der Waals surface area (Å²) in [6, 6.07) is 8.07. The second kappa shape index (κ2) is 4.58. The third kappa shape index (κ3) is 1.95. The molecule has 0 aliphatic heterocycles. The Bertz CT molecular complexity index is 540. The summed E-state index contributed by atoms with van der Waals surface area (Å²) in [5.41, 5.74) is 4.69. The molecule has 3 nitrogen and oxygen atoms in total. The number of nitrogens with zero attached hydrogens (tertiary/aromatic N) is 2. The number of benzene rings is 1. The highest BCUT2D eigenvalue weighted by atomic mass is 16.3. The third-order valence-electron chi connectivity index (χ3n) is 3.68. The summed E-state index contributed by atoms with van der Waals surface area (Å²) in [4.78, 5) is 4.50. The minimum Gasteiger partial charge on any atom is -0.389 e. The number of aryl methyl sites for hydroxylation is 1. The standard InChI is InChI=1S/C15H18N2O/c1-11(18)12-6-8-13(9-7-12)17-10-16-14-4-2-3-5-15(14)17/h6-11,18H,2-5H2,1H3. The Morgan fingerprint density at radius 3 is 2.61 bits per heavy atom. The number of fused-ring (bicyclic) bond motifs is 1. The van der Waals surface area contributed by atoms with E-state index in [0.29, 0.717) is 0 Å². The van der Waals surface area contributed by atoms with Crippen molar-refractivity contribution < 1.29 is 5.11 Å².